The summed E-state index contributed by atoms with van der Waals surface area (Å²) in [5, 5.41) is 8.98. The van der Waals surface area contributed by atoms with Gasteiger partial charge < -0.3 is 9.64 Å². The van der Waals surface area contributed by atoms with Crippen LogP contribution in [0.15, 0.2) is 133 Å². The standard InChI is InChI=1S/C38H36NOP/c1-3-39(4-2)27-28-40-35-25-23-29-15-11-13-21-33(29)37(35)38-34-22-14-12-16-30(34)24-26-36(38)41(31-17-7-5-8-18-31)32-19-9-6-10-20-32/h5-26H,3-4,27-28H2,1-2H3. The quantitative estimate of drug-likeness (QED) is 0.159. The molecule has 6 aromatic rings. The Bertz CT molecular complexity index is 1710. The highest BCUT2D eigenvalue weighted by molar-refractivity contribution is 7.80. The minimum atomic E-state index is -0.824. The first-order chi connectivity index (χ1) is 20.3. The van der Waals surface area contributed by atoms with Crippen molar-refractivity contribution >= 4 is 45.4 Å². The summed E-state index contributed by atoms with van der Waals surface area (Å²) in [4.78, 5) is 2.41. The summed E-state index contributed by atoms with van der Waals surface area (Å²) >= 11 is 0. The minimum absolute atomic E-state index is 0.652. The first-order valence-corrected chi connectivity index (χ1v) is 15.9. The van der Waals surface area contributed by atoms with Gasteiger partial charge in [-0.2, -0.15) is 0 Å². The summed E-state index contributed by atoms with van der Waals surface area (Å²) in [5.74, 6) is 0.949. The Hall–Kier alpha value is -3.97. The number of rotatable bonds is 10. The monoisotopic (exact) mass is 553 g/mol. The number of fused-ring (bicyclic) bond motifs is 2. The molecule has 41 heavy (non-hydrogen) atoms. The second-order valence-corrected chi connectivity index (χ2v) is 12.4. The molecule has 0 N–H and O–H groups in total. The molecule has 204 valence electrons. The average molecular weight is 554 g/mol. The van der Waals surface area contributed by atoms with Gasteiger partial charge in [-0.1, -0.05) is 141 Å². The zero-order chi connectivity index (χ0) is 28.0. The van der Waals surface area contributed by atoms with E-state index < -0.39 is 7.92 Å². The molecule has 0 amide bonds. The molecular weight excluding hydrogens is 517 g/mol. The molecule has 0 fully saturated rings. The van der Waals surface area contributed by atoms with Gasteiger partial charge in [0.25, 0.3) is 0 Å². The predicted molar refractivity (Wildman–Crippen MR) is 179 cm³/mol. The van der Waals surface area contributed by atoms with Gasteiger partial charge in [0.1, 0.15) is 12.4 Å². The van der Waals surface area contributed by atoms with Crippen LogP contribution in [0.4, 0.5) is 0 Å². The van der Waals surface area contributed by atoms with Crippen LogP contribution in [-0.4, -0.2) is 31.1 Å². The highest BCUT2D eigenvalue weighted by Crippen LogP contribution is 2.45. The van der Waals surface area contributed by atoms with E-state index in [4.69, 9.17) is 4.74 Å². The smallest absolute Gasteiger partial charge is 0.127 e. The molecule has 0 aromatic heterocycles. The van der Waals surface area contributed by atoms with E-state index >= 15 is 0 Å². The number of benzene rings is 6. The topological polar surface area (TPSA) is 12.5 Å². The lowest BCUT2D eigenvalue weighted by molar-refractivity contribution is 0.223. The van der Waals surface area contributed by atoms with E-state index in [0.29, 0.717) is 6.61 Å². The molecule has 3 heteroatoms. The molecular formula is C38H36NOP. The van der Waals surface area contributed by atoms with Crippen LogP contribution in [0.1, 0.15) is 13.8 Å². The van der Waals surface area contributed by atoms with Crippen molar-refractivity contribution in [3.8, 4) is 16.9 Å². The molecule has 0 heterocycles. The number of ether oxygens (including phenoxy) is 1. The molecule has 0 saturated carbocycles. The fourth-order valence-electron chi connectivity index (χ4n) is 5.74. The Kier molecular flexibility index (Phi) is 8.42. The lowest BCUT2D eigenvalue weighted by Crippen LogP contribution is -2.28. The Balaban J connectivity index is 1.64. The summed E-state index contributed by atoms with van der Waals surface area (Å²) in [7, 11) is -0.824. The molecule has 6 rings (SSSR count). The molecule has 0 aliphatic carbocycles. The van der Waals surface area contributed by atoms with Gasteiger partial charge in [0.2, 0.25) is 0 Å². The van der Waals surface area contributed by atoms with Crippen molar-refractivity contribution in [3.63, 3.8) is 0 Å². The van der Waals surface area contributed by atoms with Gasteiger partial charge in [-0.05, 0) is 64.5 Å². The number of nitrogens with zero attached hydrogens (tertiary/aromatic N) is 1. The Morgan fingerprint density at radius 1 is 0.537 bits per heavy atom. The summed E-state index contributed by atoms with van der Waals surface area (Å²) in [6, 6.07) is 48.5. The fourth-order valence-corrected chi connectivity index (χ4v) is 8.22. The second-order valence-electron chi connectivity index (χ2n) is 10.2. The van der Waals surface area contributed by atoms with Crippen molar-refractivity contribution in [1.29, 1.82) is 0 Å². The molecule has 0 bridgehead atoms. The summed E-state index contributed by atoms with van der Waals surface area (Å²) in [5.41, 5.74) is 2.46. The predicted octanol–water partition coefficient (Wildman–Crippen LogP) is 8.14. The third-order valence-corrected chi connectivity index (χ3v) is 10.4. The van der Waals surface area contributed by atoms with Crippen molar-refractivity contribution in [2.45, 2.75) is 13.8 Å². The Labute approximate surface area is 245 Å². The van der Waals surface area contributed by atoms with Crippen molar-refractivity contribution in [2.24, 2.45) is 0 Å². The third-order valence-electron chi connectivity index (χ3n) is 7.88. The summed E-state index contributed by atoms with van der Waals surface area (Å²) in [6.45, 7) is 8.03. The molecule has 0 aliphatic rings. The van der Waals surface area contributed by atoms with E-state index in [-0.39, 0.29) is 0 Å². The van der Waals surface area contributed by atoms with Crippen LogP contribution >= 0.6 is 7.92 Å². The van der Waals surface area contributed by atoms with Crippen molar-refractivity contribution in [2.75, 3.05) is 26.2 Å². The zero-order valence-corrected chi connectivity index (χ0v) is 24.7. The van der Waals surface area contributed by atoms with Crippen molar-refractivity contribution < 1.29 is 4.74 Å². The molecule has 0 unspecified atom stereocenters. The number of likely N-dealkylation sites (N-methyl/N-ethyl adjacent to an activating group) is 1. The SMILES string of the molecule is CCN(CC)CCOc1ccc2ccccc2c1-c1c(P(c2ccccc2)c2ccccc2)ccc2ccccc12. The summed E-state index contributed by atoms with van der Waals surface area (Å²) < 4.78 is 6.69. The lowest BCUT2D eigenvalue weighted by Gasteiger charge is -2.26. The highest BCUT2D eigenvalue weighted by atomic mass is 31.1. The molecule has 0 saturated heterocycles. The van der Waals surface area contributed by atoms with Crippen molar-refractivity contribution in [1.82, 2.24) is 4.90 Å². The third kappa shape index (κ3) is 5.64. The summed E-state index contributed by atoms with van der Waals surface area (Å²) in [6.07, 6.45) is 0. The maximum absolute atomic E-state index is 6.69. The van der Waals surface area contributed by atoms with Gasteiger partial charge in [0.15, 0.2) is 0 Å². The van der Waals surface area contributed by atoms with Gasteiger partial charge >= 0.3 is 0 Å². The van der Waals surface area contributed by atoms with E-state index in [1.807, 2.05) is 0 Å². The van der Waals surface area contributed by atoms with Crippen LogP contribution in [0.25, 0.3) is 32.7 Å². The van der Waals surface area contributed by atoms with Crippen LogP contribution < -0.4 is 20.7 Å². The van der Waals surface area contributed by atoms with Crippen LogP contribution in [-0.2, 0) is 0 Å². The second kappa shape index (κ2) is 12.7. The molecule has 0 aliphatic heterocycles. The van der Waals surface area contributed by atoms with Crippen LogP contribution in [0.2, 0.25) is 0 Å². The Morgan fingerprint density at radius 2 is 1.05 bits per heavy atom. The average Bonchev–Trinajstić information content (AvgIpc) is 3.04. The van der Waals surface area contributed by atoms with E-state index in [1.165, 1.54) is 48.6 Å². The first kappa shape index (κ1) is 27.2. The molecule has 0 spiro atoms. The first-order valence-electron chi connectivity index (χ1n) is 14.6. The number of hydrogen-bond donors (Lipinski definition) is 0. The maximum atomic E-state index is 6.69. The zero-order valence-electron chi connectivity index (χ0n) is 23.8. The Morgan fingerprint density at radius 3 is 1.63 bits per heavy atom. The van der Waals surface area contributed by atoms with E-state index in [2.05, 4.69) is 152 Å². The van der Waals surface area contributed by atoms with Crippen LogP contribution in [0, 0.1) is 0 Å². The molecule has 0 radical (unpaired) electrons. The lowest BCUT2D eigenvalue weighted by atomic mass is 9.93. The highest BCUT2D eigenvalue weighted by Gasteiger charge is 2.25. The van der Waals surface area contributed by atoms with Gasteiger partial charge in [0, 0.05) is 17.7 Å². The van der Waals surface area contributed by atoms with Gasteiger partial charge in [-0.3, -0.25) is 0 Å². The normalized spacial score (nSPS) is 11.5. The van der Waals surface area contributed by atoms with E-state index in [0.717, 1.165) is 25.4 Å². The largest absolute Gasteiger partial charge is 0.492 e. The van der Waals surface area contributed by atoms with Gasteiger partial charge in [-0.15, -0.1) is 0 Å². The van der Waals surface area contributed by atoms with E-state index in [9.17, 15) is 0 Å². The molecule has 0 atom stereocenters. The van der Waals surface area contributed by atoms with Gasteiger partial charge in [-0.25, -0.2) is 0 Å². The maximum Gasteiger partial charge on any atom is 0.127 e. The van der Waals surface area contributed by atoms with Crippen molar-refractivity contribution in [3.05, 3.63) is 133 Å². The number of hydrogen-bond acceptors (Lipinski definition) is 2. The van der Waals surface area contributed by atoms with Crippen LogP contribution in [0.3, 0.4) is 0 Å². The van der Waals surface area contributed by atoms with Gasteiger partial charge in [0.05, 0.1) is 0 Å². The molecule has 2 nitrogen and oxygen atoms in total. The van der Waals surface area contributed by atoms with E-state index in [1.54, 1.807) is 0 Å². The fraction of sp³-hybridized carbons (Fsp3) is 0.158. The van der Waals surface area contributed by atoms with Crippen LogP contribution in [0.5, 0.6) is 5.75 Å². The minimum Gasteiger partial charge on any atom is -0.492 e. The molecule has 6 aromatic carbocycles.